The fraction of sp³-hybridized carbons (Fsp3) is 0.435. The van der Waals surface area contributed by atoms with Crippen molar-refractivity contribution in [1.29, 1.82) is 0 Å². The Bertz CT molecular complexity index is 1140. The number of benzene rings is 2. The monoisotopic (exact) mass is 383 g/mol. The van der Waals surface area contributed by atoms with E-state index in [-0.39, 0.29) is 21.8 Å². The summed E-state index contributed by atoms with van der Waals surface area (Å²) in [6, 6.07) is 4.07. The Kier molecular flexibility index (Phi) is 3.11. The van der Waals surface area contributed by atoms with Crippen molar-refractivity contribution >= 4 is 5.97 Å². The normalized spacial score (nSPS) is 22.9. The molecule has 0 aromatic heterocycles. The average molecular weight is 384 g/mol. The predicted molar refractivity (Wildman–Crippen MR) is 109 cm³/mol. The van der Waals surface area contributed by atoms with Crippen LogP contribution in [0.1, 0.15) is 80.4 Å². The van der Waals surface area contributed by atoms with E-state index in [1.807, 2.05) is 0 Å². The second-order valence-corrected chi connectivity index (χ2v) is 5.87. The zero-order valence-corrected chi connectivity index (χ0v) is 14.8. The van der Waals surface area contributed by atoms with E-state index in [4.69, 9.17) is 23.9 Å². The van der Waals surface area contributed by atoms with Gasteiger partial charge in [0.05, 0.1) is 12.7 Å². The topological polar surface area (TPSA) is 49.8 Å². The van der Waals surface area contributed by atoms with Crippen molar-refractivity contribution in [3.05, 3.63) is 65.2 Å². The Morgan fingerprint density at radius 2 is 1.81 bits per heavy atom. The SMILES string of the molecule is [2H]C([2H])([2H])C([2H])(N(CCC(c1ccccc1)c1cc(C(=O)OC)ccc1O)C([2H])(C([2H])([2H])[2H])C([2H])([2H])[2H])C([2H])([2H])[2H]. The standard InChI is InChI=1S/C23H31NO3/c1-16(2)24(17(3)4)14-13-20(18-9-7-6-8-10-18)21-15-19(23(26)27-5)11-12-22(21)25/h6-12,15-17,20,25H,13-14H2,1-5H3/i1D3,2D3,3D3,4D3,16D,17D. The Hall–Kier alpha value is -2.33. The van der Waals surface area contributed by atoms with Crippen molar-refractivity contribution in [2.75, 3.05) is 13.7 Å². The van der Waals surface area contributed by atoms with Gasteiger partial charge in [0, 0.05) is 42.7 Å². The molecule has 1 unspecified atom stereocenters. The van der Waals surface area contributed by atoms with Gasteiger partial charge in [-0.15, -0.1) is 0 Å². The fourth-order valence-corrected chi connectivity index (χ4v) is 2.86. The summed E-state index contributed by atoms with van der Waals surface area (Å²) < 4.78 is 117. The summed E-state index contributed by atoms with van der Waals surface area (Å²) in [5.74, 6) is -2.12. The first kappa shape index (κ1) is 8.78. The van der Waals surface area contributed by atoms with Crippen LogP contribution in [-0.2, 0) is 4.74 Å². The first-order valence-electron chi connectivity index (χ1n) is 15.2. The Morgan fingerprint density at radius 3 is 2.41 bits per heavy atom. The molecule has 27 heavy (non-hydrogen) atoms. The van der Waals surface area contributed by atoms with Gasteiger partial charge < -0.3 is 9.84 Å². The Morgan fingerprint density at radius 1 is 1.15 bits per heavy atom. The van der Waals surface area contributed by atoms with Gasteiger partial charge in [0.2, 0.25) is 0 Å². The highest BCUT2D eigenvalue weighted by Crippen LogP contribution is 2.35. The van der Waals surface area contributed by atoms with Gasteiger partial charge in [-0.05, 0) is 64.1 Å². The van der Waals surface area contributed by atoms with Crippen LogP contribution in [0.3, 0.4) is 0 Å². The highest BCUT2D eigenvalue weighted by Gasteiger charge is 2.22. The van der Waals surface area contributed by atoms with Gasteiger partial charge in [-0.1, -0.05) is 30.3 Å². The van der Waals surface area contributed by atoms with E-state index < -0.39 is 64.3 Å². The second-order valence-electron chi connectivity index (χ2n) is 5.87. The van der Waals surface area contributed by atoms with Gasteiger partial charge in [0.25, 0.3) is 0 Å². The smallest absolute Gasteiger partial charge is 0.337 e. The largest absolute Gasteiger partial charge is 0.508 e. The zero-order chi connectivity index (χ0) is 31.8. The molecule has 0 heterocycles. The molecule has 0 amide bonds. The summed E-state index contributed by atoms with van der Waals surface area (Å²) in [5.41, 5.74) is 0.509. The van der Waals surface area contributed by atoms with Crippen molar-refractivity contribution in [3.63, 3.8) is 0 Å². The minimum Gasteiger partial charge on any atom is -0.508 e. The molecule has 2 aromatic carbocycles. The third-order valence-electron chi connectivity index (χ3n) is 4.21. The van der Waals surface area contributed by atoms with Crippen LogP contribution in [0.25, 0.3) is 0 Å². The molecular weight excluding hydrogens is 338 g/mol. The number of hydrogen-bond donors (Lipinski definition) is 1. The zero-order valence-electron chi connectivity index (χ0n) is 28.8. The number of rotatable bonds is 8. The van der Waals surface area contributed by atoms with Gasteiger partial charge in [-0.3, -0.25) is 4.90 Å². The van der Waals surface area contributed by atoms with Gasteiger partial charge in [-0.25, -0.2) is 4.79 Å². The lowest BCUT2D eigenvalue weighted by molar-refractivity contribution is 0.0600. The first-order valence-corrected chi connectivity index (χ1v) is 8.19. The molecule has 0 aliphatic rings. The third kappa shape index (κ3) is 5.33. The molecule has 4 heteroatoms. The van der Waals surface area contributed by atoms with E-state index in [1.54, 1.807) is 30.3 Å². The Balaban J connectivity index is 2.88. The van der Waals surface area contributed by atoms with Gasteiger partial charge in [-0.2, -0.15) is 0 Å². The van der Waals surface area contributed by atoms with E-state index in [2.05, 4.69) is 0 Å². The summed E-state index contributed by atoms with van der Waals surface area (Å²) >= 11 is 0. The number of phenols is 1. The molecule has 4 nitrogen and oxygen atoms in total. The summed E-state index contributed by atoms with van der Waals surface area (Å²) in [6.45, 7) is -16.2. The van der Waals surface area contributed by atoms with Gasteiger partial charge in [0.15, 0.2) is 0 Å². The fourth-order valence-electron chi connectivity index (χ4n) is 2.86. The quantitative estimate of drug-likeness (QED) is 0.664. The summed E-state index contributed by atoms with van der Waals surface area (Å²) in [7, 11) is 1.14. The van der Waals surface area contributed by atoms with Crippen LogP contribution in [0.5, 0.6) is 5.75 Å². The molecule has 0 aliphatic heterocycles. The molecule has 0 aliphatic carbocycles. The number of phenolic OH excluding ortho intramolecular Hbond substituents is 1. The Labute approximate surface area is 182 Å². The van der Waals surface area contributed by atoms with Crippen LogP contribution in [0.2, 0.25) is 0 Å². The highest BCUT2D eigenvalue weighted by atomic mass is 16.5. The lowest BCUT2D eigenvalue weighted by Crippen LogP contribution is -2.38. The maximum atomic E-state index is 12.2. The van der Waals surface area contributed by atoms with Crippen LogP contribution >= 0.6 is 0 Å². The first-order chi connectivity index (χ1) is 18.4. The number of carbonyl (C=O) groups excluding carboxylic acids is 1. The molecule has 0 radical (unpaired) electrons. The van der Waals surface area contributed by atoms with Crippen LogP contribution < -0.4 is 0 Å². The van der Waals surface area contributed by atoms with Gasteiger partial charge in [0.1, 0.15) is 5.75 Å². The van der Waals surface area contributed by atoms with E-state index in [0.717, 1.165) is 7.11 Å². The minimum absolute atomic E-state index is 0.0118. The number of methoxy groups -OCH3 is 1. The van der Waals surface area contributed by atoms with Crippen molar-refractivity contribution in [2.24, 2.45) is 0 Å². The molecule has 1 atom stereocenters. The number of nitrogens with zero attached hydrogens (tertiary/aromatic N) is 1. The molecule has 1 N–H and O–H groups in total. The van der Waals surface area contributed by atoms with Crippen molar-refractivity contribution in [2.45, 2.75) is 51.8 Å². The number of ether oxygens (including phenoxy) is 1. The maximum absolute atomic E-state index is 12.2. The lowest BCUT2D eigenvalue weighted by Gasteiger charge is -2.32. The highest BCUT2D eigenvalue weighted by molar-refractivity contribution is 5.89. The summed E-state index contributed by atoms with van der Waals surface area (Å²) in [6.07, 6.45) is -0.470. The maximum Gasteiger partial charge on any atom is 0.337 e. The van der Waals surface area contributed by atoms with Crippen LogP contribution in [-0.4, -0.2) is 41.7 Å². The number of esters is 1. The lowest BCUT2D eigenvalue weighted by atomic mass is 9.86. The van der Waals surface area contributed by atoms with Crippen molar-refractivity contribution in [1.82, 2.24) is 4.90 Å². The van der Waals surface area contributed by atoms with E-state index in [1.165, 1.54) is 18.2 Å². The molecule has 0 fully saturated rings. The van der Waals surface area contributed by atoms with Gasteiger partial charge >= 0.3 is 5.97 Å². The number of carbonyl (C=O) groups is 1. The summed E-state index contributed by atoms with van der Waals surface area (Å²) in [5, 5.41) is 10.7. The molecule has 0 bridgehead atoms. The molecule has 0 saturated carbocycles. The molecular formula is C23H31NO3. The molecule has 2 aromatic rings. The van der Waals surface area contributed by atoms with E-state index in [0.29, 0.717) is 5.56 Å². The van der Waals surface area contributed by atoms with Crippen LogP contribution in [0.4, 0.5) is 0 Å². The second kappa shape index (κ2) is 9.56. The van der Waals surface area contributed by atoms with Crippen molar-refractivity contribution in [3.8, 4) is 5.75 Å². The predicted octanol–water partition coefficient (Wildman–Crippen LogP) is 4.82. The molecule has 0 spiro atoms. The van der Waals surface area contributed by atoms with E-state index >= 15 is 0 Å². The van der Waals surface area contributed by atoms with E-state index in [9.17, 15) is 9.90 Å². The molecule has 146 valence electrons. The number of aromatic hydroxyl groups is 1. The molecule has 0 saturated heterocycles. The molecule has 2 rings (SSSR count). The minimum atomic E-state index is -3.86. The summed E-state index contributed by atoms with van der Waals surface area (Å²) in [4.78, 5) is 12.1. The number of hydrogen-bond acceptors (Lipinski definition) is 4. The van der Waals surface area contributed by atoms with Crippen LogP contribution in [0, 0.1) is 0 Å². The van der Waals surface area contributed by atoms with Crippen molar-refractivity contribution < 1.29 is 33.8 Å². The third-order valence-corrected chi connectivity index (χ3v) is 4.21. The van der Waals surface area contributed by atoms with Crippen LogP contribution in [0.15, 0.2) is 48.5 Å². The average Bonchev–Trinajstić information content (AvgIpc) is 2.84.